The van der Waals surface area contributed by atoms with Gasteiger partial charge in [-0.3, -0.25) is 9.59 Å². The molecule has 4 aromatic rings. The van der Waals surface area contributed by atoms with Crippen LogP contribution in [0.3, 0.4) is 0 Å². The van der Waals surface area contributed by atoms with E-state index in [1.165, 1.54) is 0 Å². The molecule has 0 saturated heterocycles. The molecule has 0 aromatic heterocycles. The third kappa shape index (κ3) is 3.55. The van der Waals surface area contributed by atoms with Gasteiger partial charge in [-0.25, -0.2) is 0 Å². The SMILES string of the molecule is O=c1c(Nc2cccc(Cl)c2)c(NC(c2ccccc2)c2ccccc2)c1=O. The van der Waals surface area contributed by atoms with E-state index in [0.29, 0.717) is 10.7 Å². The predicted molar refractivity (Wildman–Crippen MR) is 114 cm³/mol. The molecule has 0 bridgehead atoms. The third-order valence-corrected chi connectivity index (χ3v) is 4.79. The van der Waals surface area contributed by atoms with Crippen molar-refractivity contribution in [3.8, 4) is 0 Å². The molecule has 0 amide bonds. The van der Waals surface area contributed by atoms with Crippen molar-refractivity contribution in [2.75, 3.05) is 10.6 Å². The number of benzene rings is 3. The Bertz CT molecular complexity index is 1130. The summed E-state index contributed by atoms with van der Waals surface area (Å²) >= 11 is 6.01. The summed E-state index contributed by atoms with van der Waals surface area (Å²) in [4.78, 5) is 24.5. The Labute approximate surface area is 167 Å². The van der Waals surface area contributed by atoms with Gasteiger partial charge < -0.3 is 10.6 Å². The molecule has 0 radical (unpaired) electrons. The van der Waals surface area contributed by atoms with Crippen LogP contribution in [0.5, 0.6) is 0 Å². The van der Waals surface area contributed by atoms with Crippen molar-refractivity contribution in [3.63, 3.8) is 0 Å². The van der Waals surface area contributed by atoms with Gasteiger partial charge in [0.2, 0.25) is 0 Å². The highest BCUT2D eigenvalue weighted by atomic mass is 35.5. The Balaban J connectivity index is 1.69. The Morgan fingerprint density at radius 3 is 1.82 bits per heavy atom. The molecular formula is C23H17ClN2O2. The monoisotopic (exact) mass is 388 g/mol. The Hall–Kier alpha value is -3.37. The number of nitrogens with one attached hydrogen (secondary N) is 2. The molecule has 0 unspecified atom stereocenters. The second kappa shape index (κ2) is 7.71. The lowest BCUT2D eigenvalue weighted by atomic mass is 9.97. The molecule has 4 rings (SSSR count). The molecule has 0 spiro atoms. The largest absolute Gasteiger partial charge is 0.369 e. The van der Waals surface area contributed by atoms with Crippen molar-refractivity contribution in [1.29, 1.82) is 0 Å². The maximum Gasteiger partial charge on any atom is 0.253 e. The summed E-state index contributed by atoms with van der Waals surface area (Å²) in [6, 6.07) is 26.4. The lowest BCUT2D eigenvalue weighted by Crippen LogP contribution is -2.37. The summed E-state index contributed by atoms with van der Waals surface area (Å²) in [6.45, 7) is 0. The standard InChI is InChI=1S/C23H17ClN2O2/c24-17-12-7-13-18(14-17)25-20-21(23(28)22(20)27)26-19(15-8-3-1-4-9-15)16-10-5-2-6-11-16/h1-14,19,25-26H. The van der Waals surface area contributed by atoms with Gasteiger partial charge in [-0.2, -0.15) is 0 Å². The van der Waals surface area contributed by atoms with E-state index in [-0.39, 0.29) is 17.4 Å². The molecule has 0 atom stereocenters. The molecule has 0 fully saturated rings. The average Bonchev–Trinajstić information content (AvgIpc) is 2.74. The van der Waals surface area contributed by atoms with Gasteiger partial charge in [0.15, 0.2) is 0 Å². The summed E-state index contributed by atoms with van der Waals surface area (Å²) in [5.41, 5.74) is 2.11. The third-order valence-electron chi connectivity index (χ3n) is 4.56. The average molecular weight is 389 g/mol. The zero-order valence-electron chi connectivity index (χ0n) is 14.9. The molecule has 28 heavy (non-hydrogen) atoms. The molecule has 4 nitrogen and oxygen atoms in total. The summed E-state index contributed by atoms with van der Waals surface area (Å²) < 4.78 is 0. The summed E-state index contributed by atoms with van der Waals surface area (Å²) in [6.07, 6.45) is 0. The van der Waals surface area contributed by atoms with Crippen LogP contribution in [-0.2, 0) is 0 Å². The van der Waals surface area contributed by atoms with Crippen LogP contribution in [0.2, 0.25) is 5.02 Å². The highest BCUT2D eigenvalue weighted by molar-refractivity contribution is 6.30. The normalized spacial score (nSPS) is 10.9. The van der Waals surface area contributed by atoms with Gasteiger partial charge in [0.05, 0.1) is 6.04 Å². The van der Waals surface area contributed by atoms with E-state index in [2.05, 4.69) is 10.6 Å². The molecule has 0 aliphatic rings. The molecule has 138 valence electrons. The first-order chi connectivity index (χ1) is 13.6. The van der Waals surface area contributed by atoms with Crippen LogP contribution in [-0.4, -0.2) is 0 Å². The molecule has 0 aliphatic heterocycles. The van der Waals surface area contributed by atoms with Gasteiger partial charge in [0.25, 0.3) is 10.9 Å². The Morgan fingerprint density at radius 1 is 0.679 bits per heavy atom. The van der Waals surface area contributed by atoms with Crippen molar-refractivity contribution in [2.24, 2.45) is 0 Å². The van der Waals surface area contributed by atoms with Crippen LogP contribution in [0.15, 0.2) is 94.5 Å². The van der Waals surface area contributed by atoms with Crippen LogP contribution >= 0.6 is 11.6 Å². The molecular weight excluding hydrogens is 372 g/mol. The topological polar surface area (TPSA) is 58.2 Å². The number of halogens is 1. The van der Waals surface area contributed by atoms with Crippen molar-refractivity contribution < 1.29 is 0 Å². The van der Waals surface area contributed by atoms with Crippen molar-refractivity contribution in [3.05, 3.63) is 122 Å². The maximum atomic E-state index is 12.3. The highest BCUT2D eigenvalue weighted by Gasteiger charge is 2.25. The lowest BCUT2D eigenvalue weighted by Gasteiger charge is -2.23. The molecule has 4 aromatic carbocycles. The van der Waals surface area contributed by atoms with E-state index >= 15 is 0 Å². The summed E-state index contributed by atoms with van der Waals surface area (Å²) in [5, 5.41) is 6.83. The van der Waals surface area contributed by atoms with E-state index in [0.717, 1.165) is 11.1 Å². The van der Waals surface area contributed by atoms with E-state index in [1.54, 1.807) is 24.3 Å². The number of hydrogen-bond acceptors (Lipinski definition) is 4. The molecule has 0 saturated carbocycles. The van der Waals surface area contributed by atoms with Gasteiger partial charge in [-0.15, -0.1) is 0 Å². The first-order valence-electron chi connectivity index (χ1n) is 8.86. The van der Waals surface area contributed by atoms with E-state index < -0.39 is 10.9 Å². The Morgan fingerprint density at radius 2 is 1.25 bits per heavy atom. The maximum absolute atomic E-state index is 12.3. The quantitative estimate of drug-likeness (QED) is 0.462. The lowest BCUT2D eigenvalue weighted by molar-refractivity contribution is 0.933. The zero-order chi connectivity index (χ0) is 19.5. The van der Waals surface area contributed by atoms with Crippen LogP contribution in [0.4, 0.5) is 17.1 Å². The second-order valence-electron chi connectivity index (χ2n) is 6.44. The number of anilines is 3. The van der Waals surface area contributed by atoms with Crippen molar-refractivity contribution in [2.45, 2.75) is 6.04 Å². The molecule has 0 aliphatic carbocycles. The predicted octanol–water partition coefficient (Wildman–Crippen LogP) is 4.88. The minimum atomic E-state index is -0.539. The van der Waals surface area contributed by atoms with E-state index in [1.807, 2.05) is 60.7 Å². The first kappa shape index (κ1) is 18.0. The van der Waals surface area contributed by atoms with E-state index in [9.17, 15) is 9.59 Å². The van der Waals surface area contributed by atoms with Gasteiger partial charge in [0, 0.05) is 10.7 Å². The Kier molecular flexibility index (Phi) is 4.96. The van der Waals surface area contributed by atoms with E-state index in [4.69, 9.17) is 11.6 Å². The smallest absolute Gasteiger partial charge is 0.253 e. The van der Waals surface area contributed by atoms with Crippen LogP contribution in [0.25, 0.3) is 0 Å². The highest BCUT2D eigenvalue weighted by Crippen LogP contribution is 2.30. The van der Waals surface area contributed by atoms with Crippen LogP contribution < -0.4 is 21.5 Å². The van der Waals surface area contributed by atoms with Gasteiger partial charge in [0.1, 0.15) is 11.4 Å². The minimum Gasteiger partial charge on any atom is -0.369 e. The molecule has 2 N–H and O–H groups in total. The van der Waals surface area contributed by atoms with Gasteiger partial charge in [-0.05, 0) is 29.3 Å². The fourth-order valence-corrected chi connectivity index (χ4v) is 3.34. The van der Waals surface area contributed by atoms with Crippen molar-refractivity contribution >= 4 is 28.7 Å². The van der Waals surface area contributed by atoms with Crippen molar-refractivity contribution in [1.82, 2.24) is 0 Å². The zero-order valence-corrected chi connectivity index (χ0v) is 15.6. The summed E-state index contributed by atoms with van der Waals surface area (Å²) in [5.74, 6) is 0. The van der Waals surface area contributed by atoms with Crippen LogP contribution in [0.1, 0.15) is 17.2 Å². The summed E-state index contributed by atoms with van der Waals surface area (Å²) in [7, 11) is 0. The molecule has 0 heterocycles. The molecule has 5 heteroatoms. The number of rotatable bonds is 6. The minimum absolute atomic E-state index is 0.254. The fraction of sp³-hybridized carbons (Fsp3) is 0.0435. The fourth-order valence-electron chi connectivity index (χ4n) is 3.15. The first-order valence-corrected chi connectivity index (χ1v) is 9.23. The number of hydrogen-bond donors (Lipinski definition) is 2. The van der Waals surface area contributed by atoms with Crippen LogP contribution in [0, 0.1) is 0 Å². The second-order valence-corrected chi connectivity index (χ2v) is 6.88. The van der Waals surface area contributed by atoms with Gasteiger partial charge in [-0.1, -0.05) is 78.3 Å². The van der Waals surface area contributed by atoms with Gasteiger partial charge >= 0.3 is 0 Å².